The smallest absolute Gasteiger partial charge is 0.250 e. The van der Waals surface area contributed by atoms with Gasteiger partial charge in [-0.2, -0.15) is 4.99 Å². The first kappa shape index (κ1) is 15.0. The van der Waals surface area contributed by atoms with Gasteiger partial charge in [0.2, 0.25) is 5.91 Å². The second-order valence-electron chi connectivity index (χ2n) is 5.16. The summed E-state index contributed by atoms with van der Waals surface area (Å²) in [4.78, 5) is 15.7. The van der Waals surface area contributed by atoms with Crippen LogP contribution in [0.5, 0.6) is 0 Å². The van der Waals surface area contributed by atoms with Crippen molar-refractivity contribution in [3.63, 3.8) is 0 Å². The zero-order valence-corrected chi connectivity index (χ0v) is 11.8. The van der Waals surface area contributed by atoms with Crippen LogP contribution in [0.15, 0.2) is 16.0 Å². The molecule has 0 aliphatic heterocycles. The molecule has 100 valence electrons. The maximum Gasteiger partial charge on any atom is 0.250 e. The zero-order valence-electron chi connectivity index (χ0n) is 11.8. The lowest BCUT2D eigenvalue weighted by Gasteiger charge is -2.28. The zero-order chi connectivity index (χ0) is 13.7. The Morgan fingerprint density at radius 3 is 2.56 bits per heavy atom. The van der Waals surface area contributed by atoms with Gasteiger partial charge in [-0.15, -0.1) is 0 Å². The molecule has 18 heavy (non-hydrogen) atoms. The molecule has 0 saturated heterocycles. The van der Waals surface area contributed by atoms with Crippen LogP contribution in [0.3, 0.4) is 0 Å². The minimum atomic E-state index is -0.185. The van der Waals surface area contributed by atoms with E-state index in [0.29, 0.717) is 11.8 Å². The Morgan fingerprint density at radius 2 is 2.17 bits per heavy atom. The van der Waals surface area contributed by atoms with Crippen molar-refractivity contribution in [3.8, 4) is 0 Å². The van der Waals surface area contributed by atoms with Gasteiger partial charge < -0.3 is 0 Å². The molecule has 1 aliphatic rings. The molecule has 0 radical (unpaired) electrons. The van der Waals surface area contributed by atoms with Gasteiger partial charge >= 0.3 is 0 Å². The highest BCUT2D eigenvalue weighted by Gasteiger charge is 2.22. The lowest BCUT2D eigenvalue weighted by atomic mass is 9.74. The maximum absolute atomic E-state index is 11.8. The number of hydrogen-bond acceptors (Lipinski definition) is 2. The van der Waals surface area contributed by atoms with E-state index >= 15 is 0 Å². The first-order valence-electron chi connectivity index (χ1n) is 6.71. The third kappa shape index (κ3) is 3.45. The number of hydrogen-bond donors (Lipinski definition) is 2. The minimum absolute atomic E-state index is 0.106. The molecule has 0 bridgehead atoms. The highest BCUT2D eigenvalue weighted by Crippen LogP contribution is 2.33. The number of allylic oxidation sites excluding steroid dienone is 1. The lowest BCUT2D eigenvalue weighted by molar-refractivity contribution is -0.121. The predicted molar refractivity (Wildman–Crippen MR) is 75.4 cm³/mol. The lowest BCUT2D eigenvalue weighted by Crippen LogP contribution is -2.27. The monoisotopic (exact) mass is 250 g/mol. The fraction of sp³-hybridized carbons (Fsp3) is 0.692. The third-order valence-electron chi connectivity index (χ3n) is 4.03. The normalized spacial score (nSPS) is 19.9. The third-order valence-corrected chi connectivity index (χ3v) is 4.03. The van der Waals surface area contributed by atoms with Gasteiger partial charge in [0, 0.05) is 5.92 Å². The molecule has 1 saturated carbocycles. The maximum atomic E-state index is 11.8. The molecule has 1 aliphatic carbocycles. The van der Waals surface area contributed by atoms with Crippen LogP contribution in [-0.2, 0) is 4.79 Å². The number of aliphatic imine (C=N–C) groups is 1. The molecule has 0 aromatic heterocycles. The fourth-order valence-electron chi connectivity index (χ4n) is 1.92. The first-order valence-corrected chi connectivity index (χ1v) is 6.71. The van der Waals surface area contributed by atoms with E-state index in [4.69, 9.17) is 5.21 Å². The van der Waals surface area contributed by atoms with Crippen LogP contribution >= 0.6 is 0 Å². The topological polar surface area (TPSA) is 61.7 Å². The van der Waals surface area contributed by atoms with Gasteiger partial charge in [-0.1, -0.05) is 25.8 Å². The molecule has 2 N–H and O–H groups in total. The molecule has 1 fully saturated rings. The average molecular weight is 250 g/mol. The van der Waals surface area contributed by atoms with E-state index < -0.39 is 0 Å². The van der Waals surface area contributed by atoms with Gasteiger partial charge in [0.05, 0.1) is 0 Å². The Kier molecular flexibility index (Phi) is 5.60. The molecule has 0 aromatic rings. The van der Waals surface area contributed by atoms with Crippen LogP contribution in [0.25, 0.3) is 0 Å². The number of carbonyl (C=O) groups excluding carboxylic acids is 1. The van der Waals surface area contributed by atoms with Crippen molar-refractivity contribution < 1.29 is 10.0 Å². The number of nitrogens with zero attached hydrogens (tertiary/aromatic N) is 1. The van der Waals surface area contributed by atoms with Crippen molar-refractivity contribution in [1.82, 2.24) is 5.48 Å². The van der Waals surface area contributed by atoms with E-state index in [1.54, 1.807) is 0 Å². The summed E-state index contributed by atoms with van der Waals surface area (Å²) in [5, 5.41) is 9.15. The highest BCUT2D eigenvalue weighted by molar-refractivity contribution is 6.38. The van der Waals surface area contributed by atoms with E-state index in [9.17, 15) is 4.79 Å². The van der Waals surface area contributed by atoms with Gasteiger partial charge in [0.25, 0.3) is 0 Å². The summed E-state index contributed by atoms with van der Waals surface area (Å²) in [5.41, 5.74) is 4.18. The summed E-state index contributed by atoms with van der Waals surface area (Å²) in [6.07, 6.45) is 4.41. The SMILES string of the molecule is BC(/C(=N\C(=O)C(C)CC)NO)=C(/C)C1CCC1. The fourth-order valence-corrected chi connectivity index (χ4v) is 1.92. The Bertz CT molecular complexity index is 373. The van der Waals surface area contributed by atoms with Gasteiger partial charge in [-0.25, -0.2) is 0 Å². The molecule has 1 rings (SSSR count). The van der Waals surface area contributed by atoms with Crippen molar-refractivity contribution in [3.05, 3.63) is 11.0 Å². The molecule has 1 atom stereocenters. The number of carbonyl (C=O) groups is 1. The molecule has 1 amide bonds. The summed E-state index contributed by atoms with van der Waals surface area (Å²) in [6.45, 7) is 5.85. The van der Waals surface area contributed by atoms with E-state index in [2.05, 4.69) is 17.4 Å². The number of amidine groups is 1. The van der Waals surface area contributed by atoms with Crippen molar-refractivity contribution in [2.75, 3.05) is 0 Å². The summed E-state index contributed by atoms with van der Waals surface area (Å²) in [5.74, 6) is 0.590. The Labute approximate surface area is 110 Å². The van der Waals surface area contributed by atoms with Crippen LogP contribution in [-0.4, -0.2) is 24.8 Å². The van der Waals surface area contributed by atoms with Crippen LogP contribution in [0.4, 0.5) is 0 Å². The van der Waals surface area contributed by atoms with Crippen molar-refractivity contribution in [2.45, 2.75) is 46.5 Å². The molecule has 4 nitrogen and oxygen atoms in total. The molecular weight excluding hydrogens is 227 g/mol. The summed E-state index contributed by atoms with van der Waals surface area (Å²) in [6, 6.07) is 0. The van der Waals surface area contributed by atoms with Crippen molar-refractivity contribution in [2.24, 2.45) is 16.8 Å². The van der Waals surface area contributed by atoms with Crippen LogP contribution in [0.1, 0.15) is 46.5 Å². The Balaban J connectivity index is 2.87. The first-order chi connectivity index (χ1) is 8.51. The van der Waals surface area contributed by atoms with Crippen LogP contribution in [0.2, 0.25) is 0 Å². The molecule has 5 heteroatoms. The van der Waals surface area contributed by atoms with Crippen molar-refractivity contribution >= 4 is 19.6 Å². The van der Waals surface area contributed by atoms with Crippen LogP contribution < -0.4 is 5.48 Å². The molecule has 0 aromatic carbocycles. The minimum Gasteiger partial charge on any atom is -0.290 e. The number of hydroxylamine groups is 1. The summed E-state index contributed by atoms with van der Waals surface area (Å²) in [7, 11) is 1.90. The van der Waals surface area contributed by atoms with Crippen molar-refractivity contribution in [1.29, 1.82) is 0 Å². The van der Waals surface area contributed by atoms with E-state index in [0.717, 1.165) is 11.9 Å². The highest BCUT2D eigenvalue weighted by atomic mass is 16.5. The van der Waals surface area contributed by atoms with Gasteiger partial charge in [0.1, 0.15) is 13.7 Å². The van der Waals surface area contributed by atoms with Crippen LogP contribution in [0, 0.1) is 11.8 Å². The quantitative estimate of drug-likeness (QED) is 0.345. The van der Waals surface area contributed by atoms with Gasteiger partial charge in [-0.3, -0.25) is 15.5 Å². The van der Waals surface area contributed by atoms with E-state index in [-0.39, 0.29) is 11.8 Å². The summed E-state index contributed by atoms with van der Waals surface area (Å²) >= 11 is 0. The molecule has 0 spiro atoms. The number of rotatable bonds is 4. The standard InChI is InChI=1S/C13H23BN2O2/c1-4-8(2)13(17)15-12(16-18)11(14)9(3)10-6-5-7-10/h8,10,18H,4-7,14H2,1-3H3,(H,15,16,17)/b11-9-. The number of amides is 1. The largest absolute Gasteiger partial charge is 0.290 e. The molecule has 1 unspecified atom stereocenters. The predicted octanol–water partition coefficient (Wildman–Crippen LogP) is 1.64. The molecule has 0 heterocycles. The van der Waals surface area contributed by atoms with Gasteiger partial charge in [-0.05, 0) is 37.6 Å². The number of nitrogens with one attached hydrogen (secondary N) is 1. The second kappa shape index (κ2) is 6.73. The molecular formula is C13H23BN2O2. The van der Waals surface area contributed by atoms with Gasteiger partial charge in [0.15, 0.2) is 0 Å². The summed E-state index contributed by atoms with van der Waals surface area (Å²) < 4.78 is 0. The van der Waals surface area contributed by atoms with E-state index in [1.807, 2.05) is 21.7 Å². The average Bonchev–Trinajstić information content (AvgIpc) is 2.31. The second-order valence-corrected chi connectivity index (χ2v) is 5.16. The van der Waals surface area contributed by atoms with E-state index in [1.165, 1.54) is 24.8 Å². The Hall–Kier alpha value is -1.10. The Morgan fingerprint density at radius 1 is 1.56 bits per heavy atom.